The second-order valence-corrected chi connectivity index (χ2v) is 5.68. The first kappa shape index (κ1) is 13.3. The smallest absolute Gasteiger partial charge is 0.106 e. The summed E-state index contributed by atoms with van der Waals surface area (Å²) >= 11 is 0. The summed E-state index contributed by atoms with van der Waals surface area (Å²) in [5.41, 5.74) is -0.625. The molecule has 1 rings (SSSR count). The van der Waals surface area contributed by atoms with Crippen LogP contribution in [0.4, 0.5) is 0 Å². The van der Waals surface area contributed by atoms with Crippen molar-refractivity contribution in [3.63, 3.8) is 0 Å². The van der Waals surface area contributed by atoms with Gasteiger partial charge in [0.2, 0.25) is 0 Å². The van der Waals surface area contributed by atoms with E-state index in [0.29, 0.717) is 18.3 Å². The highest BCUT2D eigenvalue weighted by molar-refractivity contribution is 5.03. The van der Waals surface area contributed by atoms with Gasteiger partial charge in [0.1, 0.15) is 5.76 Å². The highest BCUT2D eigenvalue weighted by Crippen LogP contribution is 2.28. The maximum atomic E-state index is 10.7. The largest absolute Gasteiger partial charge is 0.469 e. The lowest BCUT2D eigenvalue weighted by atomic mass is 9.82. The quantitative estimate of drug-likeness (QED) is 0.800. The molecular weight excluding hydrogens is 200 g/mol. The Balaban J connectivity index is 2.69. The first-order chi connectivity index (χ1) is 7.41. The lowest BCUT2D eigenvalue weighted by molar-refractivity contribution is -0.00329. The number of rotatable bonds is 6. The van der Waals surface area contributed by atoms with Crippen molar-refractivity contribution in [1.82, 2.24) is 0 Å². The van der Waals surface area contributed by atoms with Crippen molar-refractivity contribution in [2.24, 2.45) is 11.8 Å². The van der Waals surface area contributed by atoms with Crippen molar-refractivity contribution >= 4 is 0 Å². The molecule has 0 radical (unpaired) electrons. The molecule has 0 amide bonds. The van der Waals surface area contributed by atoms with E-state index in [4.69, 9.17) is 4.42 Å². The summed E-state index contributed by atoms with van der Waals surface area (Å²) in [7, 11) is 0. The molecule has 0 saturated heterocycles. The zero-order valence-corrected chi connectivity index (χ0v) is 10.9. The summed E-state index contributed by atoms with van der Waals surface area (Å²) in [5, 5.41) is 10.7. The minimum absolute atomic E-state index is 0.499. The van der Waals surface area contributed by atoms with E-state index in [0.717, 1.165) is 18.6 Å². The predicted molar refractivity (Wildman–Crippen MR) is 66.3 cm³/mol. The van der Waals surface area contributed by atoms with Crippen molar-refractivity contribution in [2.75, 3.05) is 0 Å². The molecule has 0 fully saturated rings. The highest BCUT2D eigenvalue weighted by Gasteiger charge is 2.30. The zero-order valence-electron chi connectivity index (χ0n) is 10.9. The molecule has 0 aromatic carbocycles. The van der Waals surface area contributed by atoms with Gasteiger partial charge < -0.3 is 9.52 Å². The maximum Gasteiger partial charge on any atom is 0.106 e. The Labute approximate surface area is 98.7 Å². The van der Waals surface area contributed by atoms with Crippen LogP contribution in [0.25, 0.3) is 0 Å². The van der Waals surface area contributed by atoms with Gasteiger partial charge in [-0.05, 0) is 36.8 Å². The van der Waals surface area contributed by atoms with Crippen LogP contribution < -0.4 is 0 Å². The molecule has 16 heavy (non-hydrogen) atoms. The van der Waals surface area contributed by atoms with Crippen LogP contribution in [0.15, 0.2) is 22.8 Å². The molecule has 92 valence electrons. The molecule has 2 heteroatoms. The fourth-order valence-electron chi connectivity index (χ4n) is 2.49. The van der Waals surface area contributed by atoms with Crippen molar-refractivity contribution in [3.8, 4) is 0 Å². The number of hydrogen-bond acceptors (Lipinski definition) is 2. The van der Waals surface area contributed by atoms with Gasteiger partial charge in [-0.15, -0.1) is 0 Å². The molecule has 0 unspecified atom stereocenters. The van der Waals surface area contributed by atoms with E-state index in [1.54, 1.807) is 6.26 Å². The van der Waals surface area contributed by atoms with Gasteiger partial charge in [0.15, 0.2) is 0 Å². The topological polar surface area (TPSA) is 33.4 Å². The van der Waals surface area contributed by atoms with Crippen LogP contribution in [0.5, 0.6) is 0 Å². The maximum absolute atomic E-state index is 10.7. The van der Waals surface area contributed by atoms with E-state index in [-0.39, 0.29) is 0 Å². The Bertz CT molecular complexity index is 276. The summed E-state index contributed by atoms with van der Waals surface area (Å²) in [4.78, 5) is 0. The van der Waals surface area contributed by atoms with Crippen molar-refractivity contribution in [2.45, 2.75) is 52.6 Å². The number of aliphatic hydroxyl groups is 1. The van der Waals surface area contributed by atoms with E-state index >= 15 is 0 Å². The zero-order chi connectivity index (χ0) is 12.2. The van der Waals surface area contributed by atoms with Gasteiger partial charge in [-0.2, -0.15) is 0 Å². The summed E-state index contributed by atoms with van der Waals surface area (Å²) in [5.74, 6) is 1.88. The van der Waals surface area contributed by atoms with Gasteiger partial charge in [0.05, 0.1) is 11.9 Å². The van der Waals surface area contributed by atoms with Crippen LogP contribution in [0.1, 0.15) is 46.3 Å². The van der Waals surface area contributed by atoms with E-state index in [9.17, 15) is 5.11 Å². The molecule has 2 nitrogen and oxygen atoms in total. The summed E-state index contributed by atoms with van der Waals surface area (Å²) in [6.45, 7) is 8.59. The predicted octanol–water partition coefficient (Wildman–Crippen LogP) is 3.65. The third-order valence-electron chi connectivity index (χ3n) is 2.66. The Morgan fingerprint density at radius 1 is 1.19 bits per heavy atom. The van der Waals surface area contributed by atoms with Crippen LogP contribution in [-0.4, -0.2) is 10.7 Å². The molecular formula is C14H24O2. The molecule has 0 aliphatic carbocycles. The average Bonchev–Trinajstić information content (AvgIpc) is 2.51. The molecule has 0 aliphatic rings. The molecule has 1 heterocycles. The summed E-state index contributed by atoms with van der Waals surface area (Å²) in [6, 6.07) is 3.81. The highest BCUT2D eigenvalue weighted by atomic mass is 16.3. The Morgan fingerprint density at radius 2 is 1.75 bits per heavy atom. The second-order valence-electron chi connectivity index (χ2n) is 5.68. The monoisotopic (exact) mass is 224 g/mol. The molecule has 0 aliphatic heterocycles. The normalized spacial score (nSPS) is 12.7. The molecule has 1 aromatic heterocycles. The van der Waals surface area contributed by atoms with Crippen molar-refractivity contribution in [3.05, 3.63) is 24.2 Å². The Morgan fingerprint density at radius 3 is 2.12 bits per heavy atom. The van der Waals surface area contributed by atoms with Crippen LogP contribution in [0.2, 0.25) is 0 Å². The number of hydrogen-bond donors (Lipinski definition) is 1. The van der Waals surface area contributed by atoms with Crippen molar-refractivity contribution in [1.29, 1.82) is 0 Å². The molecule has 0 bridgehead atoms. The molecule has 0 spiro atoms. The first-order valence-corrected chi connectivity index (χ1v) is 6.16. The van der Waals surface area contributed by atoms with Crippen LogP contribution in [0.3, 0.4) is 0 Å². The van der Waals surface area contributed by atoms with E-state index in [2.05, 4.69) is 27.7 Å². The SMILES string of the molecule is CC(C)CC(O)(Cc1ccco1)CC(C)C. The molecule has 1 N–H and O–H groups in total. The lowest BCUT2D eigenvalue weighted by Gasteiger charge is -2.31. The van der Waals surface area contributed by atoms with Crippen LogP contribution >= 0.6 is 0 Å². The Kier molecular flexibility index (Phi) is 4.60. The first-order valence-electron chi connectivity index (χ1n) is 6.16. The summed E-state index contributed by atoms with van der Waals surface area (Å²) < 4.78 is 5.33. The van der Waals surface area contributed by atoms with E-state index in [1.165, 1.54) is 0 Å². The minimum atomic E-state index is -0.625. The van der Waals surface area contributed by atoms with Gasteiger partial charge in [0, 0.05) is 6.42 Å². The fraction of sp³-hybridized carbons (Fsp3) is 0.714. The van der Waals surface area contributed by atoms with Gasteiger partial charge in [0.25, 0.3) is 0 Å². The van der Waals surface area contributed by atoms with Gasteiger partial charge in [-0.25, -0.2) is 0 Å². The lowest BCUT2D eigenvalue weighted by Crippen LogP contribution is -2.34. The molecule has 1 aromatic rings. The van der Waals surface area contributed by atoms with Gasteiger partial charge in [-0.3, -0.25) is 0 Å². The Hall–Kier alpha value is -0.760. The van der Waals surface area contributed by atoms with Crippen LogP contribution in [0, 0.1) is 11.8 Å². The third-order valence-corrected chi connectivity index (χ3v) is 2.66. The number of furan rings is 1. The average molecular weight is 224 g/mol. The van der Waals surface area contributed by atoms with E-state index in [1.807, 2.05) is 12.1 Å². The third kappa shape index (κ3) is 4.40. The molecule has 0 atom stereocenters. The van der Waals surface area contributed by atoms with Crippen LogP contribution in [-0.2, 0) is 6.42 Å². The fourth-order valence-corrected chi connectivity index (χ4v) is 2.49. The second kappa shape index (κ2) is 5.53. The standard InChI is InChI=1S/C14H24O2/c1-11(2)8-14(15,9-12(3)4)10-13-6-5-7-16-13/h5-7,11-12,15H,8-10H2,1-4H3. The summed E-state index contributed by atoms with van der Waals surface area (Å²) in [6.07, 6.45) is 3.94. The van der Waals surface area contributed by atoms with Crippen molar-refractivity contribution < 1.29 is 9.52 Å². The van der Waals surface area contributed by atoms with Gasteiger partial charge >= 0.3 is 0 Å². The van der Waals surface area contributed by atoms with Gasteiger partial charge in [-0.1, -0.05) is 27.7 Å². The molecule has 0 saturated carbocycles. The minimum Gasteiger partial charge on any atom is -0.469 e. The van der Waals surface area contributed by atoms with E-state index < -0.39 is 5.60 Å².